The van der Waals surface area contributed by atoms with E-state index in [1.165, 1.54) is 20.4 Å². The summed E-state index contributed by atoms with van der Waals surface area (Å²) in [5.41, 5.74) is -1.12. The SMILES string of the molecule is COC(OC)c1cn(C(=O)OC(C)(C)C)c(NC(=O)OC(C)(C)C)n1. The predicted octanol–water partition coefficient (Wildman–Crippen LogP) is 3.30. The second-order valence-corrected chi connectivity index (χ2v) is 7.27. The highest BCUT2D eigenvalue weighted by Crippen LogP contribution is 2.21. The molecule has 0 saturated carbocycles. The van der Waals surface area contributed by atoms with Crippen molar-refractivity contribution in [2.75, 3.05) is 19.5 Å². The number of carbonyl (C=O) groups is 2. The van der Waals surface area contributed by atoms with Crippen LogP contribution in [0.4, 0.5) is 15.5 Å². The molecular weight excluding hydrogens is 330 g/mol. The number of aromatic nitrogens is 2. The standard InChI is InChI=1S/C16H27N3O6/c1-15(2,3)24-13(20)18-12-17-10(11(22-7)23-8)9-19(12)14(21)25-16(4,5)6/h9,11H,1-8H3,(H,17,18,20). The van der Waals surface area contributed by atoms with E-state index in [9.17, 15) is 9.59 Å². The Hall–Kier alpha value is -2.13. The Kier molecular flexibility index (Phi) is 6.55. The van der Waals surface area contributed by atoms with E-state index >= 15 is 0 Å². The van der Waals surface area contributed by atoms with E-state index in [0.29, 0.717) is 5.69 Å². The van der Waals surface area contributed by atoms with Crippen LogP contribution in [0.2, 0.25) is 0 Å². The van der Waals surface area contributed by atoms with Crippen LogP contribution >= 0.6 is 0 Å². The van der Waals surface area contributed by atoms with Gasteiger partial charge in [0.15, 0.2) is 0 Å². The first-order chi connectivity index (χ1) is 11.4. The van der Waals surface area contributed by atoms with E-state index in [0.717, 1.165) is 4.57 Å². The minimum atomic E-state index is -0.803. The fraction of sp³-hybridized carbons (Fsp3) is 0.688. The van der Waals surface area contributed by atoms with Crippen molar-refractivity contribution in [2.45, 2.75) is 59.0 Å². The Labute approximate surface area is 147 Å². The van der Waals surface area contributed by atoms with Gasteiger partial charge in [-0.05, 0) is 41.5 Å². The van der Waals surface area contributed by atoms with Gasteiger partial charge in [-0.1, -0.05) is 0 Å². The van der Waals surface area contributed by atoms with Gasteiger partial charge in [-0.25, -0.2) is 19.1 Å². The molecule has 1 rings (SSSR count). The van der Waals surface area contributed by atoms with Gasteiger partial charge in [-0.3, -0.25) is 5.32 Å². The Balaban J connectivity index is 3.15. The van der Waals surface area contributed by atoms with Crippen molar-refractivity contribution in [3.8, 4) is 0 Å². The fourth-order valence-electron chi connectivity index (χ4n) is 1.78. The van der Waals surface area contributed by atoms with Crippen LogP contribution in [0, 0.1) is 0 Å². The molecule has 9 heteroatoms. The number of ether oxygens (including phenoxy) is 4. The first-order valence-corrected chi connectivity index (χ1v) is 7.74. The van der Waals surface area contributed by atoms with Crippen LogP contribution in [0.1, 0.15) is 53.5 Å². The molecule has 0 fully saturated rings. The van der Waals surface area contributed by atoms with Crippen molar-refractivity contribution in [2.24, 2.45) is 0 Å². The van der Waals surface area contributed by atoms with E-state index in [2.05, 4.69) is 10.3 Å². The lowest BCUT2D eigenvalue weighted by Gasteiger charge is -2.21. The summed E-state index contributed by atoms with van der Waals surface area (Å²) >= 11 is 0. The van der Waals surface area contributed by atoms with Crippen LogP contribution in [0.25, 0.3) is 0 Å². The topological polar surface area (TPSA) is 101 Å². The van der Waals surface area contributed by atoms with E-state index in [4.69, 9.17) is 18.9 Å². The van der Waals surface area contributed by atoms with E-state index in [1.54, 1.807) is 41.5 Å². The second-order valence-electron chi connectivity index (χ2n) is 7.27. The van der Waals surface area contributed by atoms with Gasteiger partial charge in [0.05, 0.1) is 0 Å². The molecule has 0 aliphatic heterocycles. The Bertz CT molecular complexity index is 608. The quantitative estimate of drug-likeness (QED) is 0.825. The van der Waals surface area contributed by atoms with Gasteiger partial charge in [-0.2, -0.15) is 0 Å². The van der Waals surface area contributed by atoms with Crippen molar-refractivity contribution in [1.29, 1.82) is 0 Å². The smallest absolute Gasteiger partial charge is 0.421 e. The summed E-state index contributed by atoms with van der Waals surface area (Å²) in [6, 6.07) is 0. The molecule has 0 atom stereocenters. The number of hydrogen-bond acceptors (Lipinski definition) is 7. The third kappa shape index (κ3) is 6.71. The number of nitrogens with zero attached hydrogens (tertiary/aromatic N) is 2. The summed E-state index contributed by atoms with van der Waals surface area (Å²) in [4.78, 5) is 28.6. The molecule has 0 spiro atoms. The summed E-state index contributed by atoms with van der Waals surface area (Å²) in [5.74, 6) is -0.0578. The highest BCUT2D eigenvalue weighted by molar-refractivity contribution is 5.86. The maximum Gasteiger partial charge on any atom is 0.421 e. The molecule has 9 nitrogen and oxygen atoms in total. The third-order valence-electron chi connectivity index (χ3n) is 2.60. The molecule has 0 bridgehead atoms. The van der Waals surface area contributed by atoms with Gasteiger partial charge in [-0.15, -0.1) is 0 Å². The Morgan fingerprint density at radius 1 is 1.04 bits per heavy atom. The van der Waals surface area contributed by atoms with E-state index in [-0.39, 0.29) is 5.95 Å². The number of rotatable bonds is 4. The molecule has 0 aromatic carbocycles. The average molecular weight is 357 g/mol. The number of amides is 1. The van der Waals surface area contributed by atoms with E-state index in [1.807, 2.05) is 0 Å². The van der Waals surface area contributed by atoms with Crippen LogP contribution in [0.3, 0.4) is 0 Å². The van der Waals surface area contributed by atoms with Crippen LogP contribution < -0.4 is 5.32 Å². The van der Waals surface area contributed by atoms with Crippen molar-refractivity contribution in [3.05, 3.63) is 11.9 Å². The number of methoxy groups -OCH3 is 2. The molecule has 1 heterocycles. The van der Waals surface area contributed by atoms with Crippen molar-refractivity contribution in [3.63, 3.8) is 0 Å². The van der Waals surface area contributed by atoms with Gasteiger partial charge in [0.2, 0.25) is 12.2 Å². The summed E-state index contributed by atoms with van der Waals surface area (Å²) in [7, 11) is 2.86. The molecular formula is C16H27N3O6. The number of carbonyl (C=O) groups excluding carboxylic acids is 2. The monoisotopic (exact) mass is 357 g/mol. The average Bonchev–Trinajstić information content (AvgIpc) is 2.79. The minimum Gasteiger partial charge on any atom is -0.444 e. The van der Waals surface area contributed by atoms with Gasteiger partial charge in [0.25, 0.3) is 0 Å². The highest BCUT2D eigenvalue weighted by Gasteiger charge is 2.26. The molecule has 0 unspecified atom stereocenters. The van der Waals surface area contributed by atoms with Crippen molar-refractivity contribution in [1.82, 2.24) is 9.55 Å². The number of imidazole rings is 1. The summed E-state index contributed by atoms with van der Waals surface area (Å²) in [5, 5.41) is 2.44. The molecule has 0 aliphatic rings. The Morgan fingerprint density at radius 2 is 1.56 bits per heavy atom. The molecule has 25 heavy (non-hydrogen) atoms. The zero-order chi connectivity index (χ0) is 19.4. The van der Waals surface area contributed by atoms with E-state index < -0.39 is 29.7 Å². The first-order valence-electron chi connectivity index (χ1n) is 7.74. The molecule has 1 N–H and O–H groups in total. The molecule has 0 radical (unpaired) electrons. The molecule has 1 amide bonds. The predicted molar refractivity (Wildman–Crippen MR) is 90.5 cm³/mol. The highest BCUT2D eigenvalue weighted by atomic mass is 16.7. The van der Waals surface area contributed by atoms with Gasteiger partial charge >= 0.3 is 12.2 Å². The lowest BCUT2D eigenvalue weighted by molar-refractivity contribution is -0.108. The zero-order valence-electron chi connectivity index (χ0n) is 16.0. The lowest BCUT2D eigenvalue weighted by atomic mass is 10.2. The van der Waals surface area contributed by atoms with Gasteiger partial charge in [0.1, 0.15) is 16.9 Å². The summed E-state index contributed by atoms with van der Waals surface area (Å²) < 4.78 is 21.8. The second kappa shape index (κ2) is 7.83. The third-order valence-corrected chi connectivity index (χ3v) is 2.60. The number of hydrogen-bond donors (Lipinski definition) is 1. The first kappa shape index (κ1) is 20.9. The minimum absolute atomic E-state index is 0.0578. The number of anilines is 1. The molecule has 1 aromatic rings. The number of nitrogens with one attached hydrogen (secondary N) is 1. The fourth-order valence-corrected chi connectivity index (χ4v) is 1.78. The normalized spacial score (nSPS) is 12.2. The lowest BCUT2D eigenvalue weighted by Crippen LogP contribution is -2.30. The van der Waals surface area contributed by atoms with Gasteiger partial charge < -0.3 is 18.9 Å². The summed E-state index contributed by atoms with van der Waals surface area (Å²) in [6.07, 6.45) is -0.884. The van der Waals surface area contributed by atoms with Crippen LogP contribution in [0.15, 0.2) is 6.20 Å². The molecule has 1 aromatic heterocycles. The largest absolute Gasteiger partial charge is 0.444 e. The van der Waals surface area contributed by atoms with Crippen LogP contribution in [-0.4, -0.2) is 47.2 Å². The summed E-state index contributed by atoms with van der Waals surface area (Å²) in [6.45, 7) is 10.4. The van der Waals surface area contributed by atoms with Gasteiger partial charge in [0, 0.05) is 20.4 Å². The van der Waals surface area contributed by atoms with Crippen molar-refractivity contribution >= 4 is 18.1 Å². The Morgan fingerprint density at radius 3 is 2.00 bits per heavy atom. The molecule has 0 saturated heterocycles. The van der Waals surface area contributed by atoms with Crippen LogP contribution in [-0.2, 0) is 18.9 Å². The molecule has 142 valence electrons. The maximum absolute atomic E-state index is 12.4. The zero-order valence-corrected chi connectivity index (χ0v) is 16.0. The van der Waals surface area contributed by atoms with Crippen LogP contribution in [0.5, 0.6) is 0 Å². The molecule has 0 aliphatic carbocycles. The maximum atomic E-state index is 12.4. The van der Waals surface area contributed by atoms with Crippen molar-refractivity contribution < 1.29 is 28.5 Å².